The molecule has 2 rings (SSSR count). The van der Waals surface area contributed by atoms with E-state index in [1.54, 1.807) is 13.1 Å². The van der Waals surface area contributed by atoms with Gasteiger partial charge in [-0.05, 0) is 37.0 Å². The number of amides is 1. The average Bonchev–Trinajstić information content (AvgIpc) is 2.48. The Morgan fingerprint density at radius 1 is 1.15 bits per heavy atom. The van der Waals surface area contributed by atoms with Crippen molar-refractivity contribution in [3.63, 3.8) is 0 Å². The first kappa shape index (κ1) is 14.3. The van der Waals surface area contributed by atoms with Gasteiger partial charge in [0.05, 0.1) is 11.7 Å². The third-order valence-corrected chi connectivity index (χ3v) is 3.22. The van der Waals surface area contributed by atoms with E-state index in [4.69, 9.17) is 0 Å². The molecular weight excluding hydrogens is 248 g/mol. The normalized spacial score (nSPS) is 11.8. The predicted octanol–water partition coefficient (Wildman–Crippen LogP) is 3.28. The Labute approximate surface area is 120 Å². The highest BCUT2D eigenvalue weighted by atomic mass is 16.1. The first-order valence-electron chi connectivity index (χ1n) is 6.97. The SMILES string of the molecule is CC(=O)NC(CCCc1ccccc1)c1ccccn1. The number of hydrogen-bond donors (Lipinski definition) is 1. The molecule has 0 saturated carbocycles. The maximum Gasteiger partial charge on any atom is 0.217 e. The highest BCUT2D eigenvalue weighted by molar-refractivity contribution is 5.73. The molecular formula is C17H20N2O. The van der Waals surface area contributed by atoms with Crippen LogP contribution in [0.1, 0.15) is 37.1 Å². The van der Waals surface area contributed by atoms with Crippen LogP contribution in [-0.2, 0) is 11.2 Å². The molecule has 0 aliphatic heterocycles. The minimum Gasteiger partial charge on any atom is -0.348 e. The molecule has 0 saturated heterocycles. The van der Waals surface area contributed by atoms with Crippen molar-refractivity contribution in [2.75, 3.05) is 0 Å². The van der Waals surface area contributed by atoms with Gasteiger partial charge in [-0.1, -0.05) is 36.4 Å². The Balaban J connectivity index is 1.93. The Kier molecular flexibility index (Phi) is 5.30. The number of nitrogens with one attached hydrogen (secondary N) is 1. The minimum absolute atomic E-state index is 0.00240. The molecule has 2 aromatic rings. The van der Waals surface area contributed by atoms with Crippen molar-refractivity contribution in [2.45, 2.75) is 32.2 Å². The number of nitrogens with zero attached hydrogens (tertiary/aromatic N) is 1. The van der Waals surface area contributed by atoms with E-state index in [1.165, 1.54) is 5.56 Å². The van der Waals surface area contributed by atoms with Crippen molar-refractivity contribution >= 4 is 5.91 Å². The van der Waals surface area contributed by atoms with Crippen LogP contribution in [0, 0.1) is 0 Å². The first-order chi connectivity index (χ1) is 9.75. The molecule has 3 heteroatoms. The van der Waals surface area contributed by atoms with Gasteiger partial charge in [-0.3, -0.25) is 9.78 Å². The molecule has 0 fully saturated rings. The van der Waals surface area contributed by atoms with Crippen LogP contribution in [0.4, 0.5) is 0 Å². The van der Waals surface area contributed by atoms with Crippen LogP contribution in [0.5, 0.6) is 0 Å². The molecule has 0 aliphatic carbocycles. The summed E-state index contributed by atoms with van der Waals surface area (Å²) < 4.78 is 0. The van der Waals surface area contributed by atoms with Crippen molar-refractivity contribution in [1.82, 2.24) is 10.3 Å². The lowest BCUT2D eigenvalue weighted by atomic mass is 10.0. The fraction of sp³-hybridized carbons (Fsp3) is 0.294. The van der Waals surface area contributed by atoms with Gasteiger partial charge in [0.15, 0.2) is 0 Å². The number of benzene rings is 1. The highest BCUT2D eigenvalue weighted by Gasteiger charge is 2.13. The van der Waals surface area contributed by atoms with Gasteiger partial charge in [0.2, 0.25) is 5.91 Å². The van der Waals surface area contributed by atoms with E-state index in [1.807, 2.05) is 24.3 Å². The van der Waals surface area contributed by atoms with Gasteiger partial charge in [0.25, 0.3) is 0 Å². The van der Waals surface area contributed by atoms with Crippen molar-refractivity contribution < 1.29 is 4.79 Å². The zero-order valence-corrected chi connectivity index (χ0v) is 11.8. The van der Waals surface area contributed by atoms with E-state index in [2.05, 4.69) is 34.6 Å². The van der Waals surface area contributed by atoms with Crippen molar-refractivity contribution in [3.05, 3.63) is 66.0 Å². The van der Waals surface area contributed by atoms with Gasteiger partial charge in [0, 0.05) is 13.1 Å². The second kappa shape index (κ2) is 7.43. The lowest BCUT2D eigenvalue weighted by molar-refractivity contribution is -0.119. The van der Waals surface area contributed by atoms with Gasteiger partial charge < -0.3 is 5.32 Å². The summed E-state index contributed by atoms with van der Waals surface area (Å²) in [5.41, 5.74) is 2.26. The molecule has 1 heterocycles. The fourth-order valence-electron chi connectivity index (χ4n) is 2.28. The number of rotatable bonds is 6. The summed E-state index contributed by atoms with van der Waals surface area (Å²) in [4.78, 5) is 15.7. The lowest BCUT2D eigenvalue weighted by Gasteiger charge is -2.17. The average molecular weight is 268 g/mol. The molecule has 0 spiro atoms. The van der Waals surface area contributed by atoms with Crippen LogP contribution < -0.4 is 5.32 Å². The Morgan fingerprint density at radius 2 is 1.90 bits per heavy atom. The van der Waals surface area contributed by atoms with Crippen LogP contribution in [0.15, 0.2) is 54.7 Å². The summed E-state index contributed by atoms with van der Waals surface area (Å²) in [7, 11) is 0. The molecule has 20 heavy (non-hydrogen) atoms. The molecule has 104 valence electrons. The summed E-state index contributed by atoms with van der Waals surface area (Å²) in [6.45, 7) is 1.55. The Hall–Kier alpha value is -2.16. The smallest absolute Gasteiger partial charge is 0.217 e. The lowest BCUT2D eigenvalue weighted by Crippen LogP contribution is -2.26. The van der Waals surface area contributed by atoms with Crippen molar-refractivity contribution in [1.29, 1.82) is 0 Å². The molecule has 1 aromatic carbocycles. The van der Waals surface area contributed by atoms with Crippen LogP contribution in [-0.4, -0.2) is 10.9 Å². The zero-order valence-electron chi connectivity index (χ0n) is 11.8. The predicted molar refractivity (Wildman–Crippen MR) is 80.2 cm³/mol. The minimum atomic E-state index is -0.0136. The number of aromatic nitrogens is 1. The topological polar surface area (TPSA) is 42.0 Å². The summed E-state index contributed by atoms with van der Waals surface area (Å²) in [5, 5.41) is 2.98. The second-order valence-corrected chi connectivity index (χ2v) is 4.89. The zero-order chi connectivity index (χ0) is 14.2. The molecule has 0 radical (unpaired) electrons. The van der Waals surface area contributed by atoms with Crippen LogP contribution in [0.2, 0.25) is 0 Å². The summed E-state index contributed by atoms with van der Waals surface area (Å²) in [5.74, 6) is -0.0136. The van der Waals surface area contributed by atoms with Crippen LogP contribution in [0.25, 0.3) is 0 Å². The number of pyridine rings is 1. The van der Waals surface area contributed by atoms with Crippen molar-refractivity contribution in [3.8, 4) is 0 Å². The molecule has 0 bridgehead atoms. The Morgan fingerprint density at radius 3 is 2.55 bits per heavy atom. The number of carbonyl (C=O) groups is 1. The van der Waals surface area contributed by atoms with Gasteiger partial charge in [-0.25, -0.2) is 0 Å². The van der Waals surface area contributed by atoms with E-state index in [0.717, 1.165) is 25.0 Å². The van der Waals surface area contributed by atoms with Gasteiger partial charge >= 0.3 is 0 Å². The summed E-state index contributed by atoms with van der Waals surface area (Å²) >= 11 is 0. The molecule has 1 N–H and O–H groups in total. The van der Waals surface area contributed by atoms with E-state index in [9.17, 15) is 4.79 Å². The van der Waals surface area contributed by atoms with Gasteiger partial charge in [-0.2, -0.15) is 0 Å². The first-order valence-corrected chi connectivity index (χ1v) is 6.97. The van der Waals surface area contributed by atoms with Gasteiger partial charge in [0.1, 0.15) is 0 Å². The molecule has 1 unspecified atom stereocenters. The Bertz CT molecular complexity index is 525. The molecule has 0 aliphatic rings. The number of hydrogen-bond acceptors (Lipinski definition) is 2. The third kappa shape index (κ3) is 4.50. The van der Waals surface area contributed by atoms with Crippen LogP contribution >= 0.6 is 0 Å². The van der Waals surface area contributed by atoms with Gasteiger partial charge in [-0.15, -0.1) is 0 Å². The quantitative estimate of drug-likeness (QED) is 0.873. The fourth-order valence-corrected chi connectivity index (χ4v) is 2.28. The highest BCUT2D eigenvalue weighted by Crippen LogP contribution is 2.17. The van der Waals surface area contributed by atoms with E-state index < -0.39 is 0 Å². The molecule has 1 atom stereocenters. The van der Waals surface area contributed by atoms with E-state index in [-0.39, 0.29) is 11.9 Å². The molecule has 1 amide bonds. The van der Waals surface area contributed by atoms with Crippen LogP contribution in [0.3, 0.4) is 0 Å². The third-order valence-electron chi connectivity index (χ3n) is 3.22. The maximum atomic E-state index is 11.3. The largest absolute Gasteiger partial charge is 0.348 e. The number of carbonyl (C=O) groups excluding carboxylic acids is 1. The maximum absolute atomic E-state index is 11.3. The standard InChI is InChI=1S/C17H20N2O/c1-14(20)19-17(16-11-5-6-13-18-16)12-7-10-15-8-3-2-4-9-15/h2-6,8-9,11,13,17H,7,10,12H2,1H3,(H,19,20). The molecule has 3 nitrogen and oxygen atoms in total. The van der Waals surface area contributed by atoms with E-state index in [0.29, 0.717) is 0 Å². The second-order valence-electron chi connectivity index (χ2n) is 4.89. The van der Waals surface area contributed by atoms with Crippen molar-refractivity contribution in [2.24, 2.45) is 0 Å². The summed E-state index contributed by atoms with van der Waals surface area (Å²) in [6.07, 6.45) is 4.70. The monoisotopic (exact) mass is 268 g/mol. The number of aryl methyl sites for hydroxylation is 1. The molecule has 1 aromatic heterocycles. The van der Waals surface area contributed by atoms with E-state index >= 15 is 0 Å². The summed E-state index contributed by atoms with van der Waals surface area (Å²) in [6, 6.07) is 16.2.